The minimum atomic E-state index is -0.886. The summed E-state index contributed by atoms with van der Waals surface area (Å²) in [5.74, 6) is -1.19. The third-order valence-electron chi connectivity index (χ3n) is 10.1. The first-order valence-electron chi connectivity index (χ1n) is 15.9. The molecule has 4 unspecified atom stereocenters. The van der Waals surface area contributed by atoms with Gasteiger partial charge in [-0.2, -0.15) is 0 Å². The molecule has 7 atom stereocenters. The predicted molar refractivity (Wildman–Crippen MR) is 155 cm³/mol. The van der Waals surface area contributed by atoms with Crippen LogP contribution in [0, 0.1) is 29.1 Å². The number of Topliss-reactive ketones (excluding diaryl/α,β-unsaturated/α-hetero) is 2. The summed E-state index contributed by atoms with van der Waals surface area (Å²) >= 11 is 0. The van der Waals surface area contributed by atoms with E-state index in [0.29, 0.717) is 18.9 Å². The van der Waals surface area contributed by atoms with Crippen molar-refractivity contribution >= 4 is 29.5 Å². The Morgan fingerprint density at radius 2 is 1.59 bits per heavy atom. The molecule has 3 amide bonds. The van der Waals surface area contributed by atoms with Crippen LogP contribution >= 0.6 is 0 Å². The lowest BCUT2D eigenvalue weighted by molar-refractivity contribution is -0.144. The zero-order valence-corrected chi connectivity index (χ0v) is 25.9. The highest BCUT2D eigenvalue weighted by Gasteiger charge is 2.69. The summed E-state index contributed by atoms with van der Waals surface area (Å²) in [5.41, 5.74) is -0.819. The van der Waals surface area contributed by atoms with Crippen molar-refractivity contribution in [3.8, 4) is 0 Å². The van der Waals surface area contributed by atoms with E-state index >= 15 is 0 Å². The van der Waals surface area contributed by atoms with Crippen LogP contribution < -0.4 is 10.6 Å². The van der Waals surface area contributed by atoms with Crippen LogP contribution in [-0.4, -0.2) is 64.6 Å². The van der Waals surface area contributed by atoms with E-state index in [4.69, 9.17) is 4.74 Å². The number of fused-ring (bicyclic) bond motifs is 5. The minimum absolute atomic E-state index is 0.0369. The Kier molecular flexibility index (Phi) is 9.54. The van der Waals surface area contributed by atoms with E-state index in [1.807, 2.05) is 0 Å². The van der Waals surface area contributed by atoms with E-state index < -0.39 is 41.4 Å². The zero-order chi connectivity index (χ0) is 30.1. The number of piperidine rings is 1. The lowest BCUT2D eigenvalue weighted by atomic mass is 9.75. The van der Waals surface area contributed by atoms with E-state index in [0.717, 1.165) is 64.2 Å². The number of ketones is 2. The molecule has 9 nitrogen and oxygen atoms in total. The van der Waals surface area contributed by atoms with Gasteiger partial charge in [-0.15, -0.1) is 0 Å². The Bertz CT molecular complexity index is 1030. The Morgan fingerprint density at radius 1 is 0.951 bits per heavy atom. The van der Waals surface area contributed by atoms with Crippen molar-refractivity contribution in [2.24, 2.45) is 29.1 Å². The SMILES string of the molecule is CC(=O)C(=O)[C@@H]1CCCCCCCC2CCCC(C2)[C@H](NC(=O)OC(C)(C)C)C(=O)N2CC3C([C@H]2C(=O)N1)C3(C)C. The largest absolute Gasteiger partial charge is 0.444 e. The molecular weight excluding hydrogens is 522 g/mol. The predicted octanol–water partition coefficient (Wildman–Crippen LogP) is 4.56. The highest BCUT2D eigenvalue weighted by Crippen LogP contribution is 2.65. The summed E-state index contributed by atoms with van der Waals surface area (Å²) in [6.45, 7) is 11.3. The molecule has 2 N–H and O–H groups in total. The van der Waals surface area contributed by atoms with Crippen LogP contribution in [0.2, 0.25) is 0 Å². The molecule has 9 heteroatoms. The number of nitrogens with one attached hydrogen (secondary N) is 2. The second-order valence-corrected chi connectivity index (χ2v) is 14.6. The Balaban J connectivity index is 1.65. The summed E-state index contributed by atoms with van der Waals surface area (Å²) < 4.78 is 5.57. The van der Waals surface area contributed by atoms with Crippen molar-refractivity contribution in [2.75, 3.05) is 6.54 Å². The fourth-order valence-electron chi connectivity index (χ4n) is 7.79. The quantitative estimate of drug-likeness (QED) is 0.478. The van der Waals surface area contributed by atoms with Crippen LogP contribution in [0.5, 0.6) is 0 Å². The minimum Gasteiger partial charge on any atom is -0.444 e. The number of nitrogens with zero attached hydrogens (tertiary/aromatic N) is 1. The van der Waals surface area contributed by atoms with Gasteiger partial charge in [0.25, 0.3) is 0 Å². The molecule has 2 heterocycles. The fourth-order valence-corrected chi connectivity index (χ4v) is 7.79. The molecule has 0 spiro atoms. The number of hydrogen-bond acceptors (Lipinski definition) is 6. The molecule has 230 valence electrons. The molecule has 0 aromatic heterocycles. The molecule has 2 saturated heterocycles. The number of amides is 3. The monoisotopic (exact) mass is 573 g/mol. The summed E-state index contributed by atoms with van der Waals surface area (Å²) in [6, 6.07) is -2.42. The van der Waals surface area contributed by atoms with Crippen molar-refractivity contribution < 1.29 is 28.7 Å². The van der Waals surface area contributed by atoms with Gasteiger partial charge in [-0.3, -0.25) is 19.2 Å². The summed E-state index contributed by atoms with van der Waals surface area (Å²) in [4.78, 5) is 67.8. The number of alkyl carbamates (subject to hydrolysis) is 1. The van der Waals surface area contributed by atoms with E-state index in [-0.39, 0.29) is 35.0 Å². The van der Waals surface area contributed by atoms with Crippen molar-refractivity contribution in [2.45, 2.75) is 136 Å². The van der Waals surface area contributed by atoms with Gasteiger partial charge in [-0.05, 0) is 69.1 Å². The van der Waals surface area contributed by atoms with Gasteiger partial charge in [0.15, 0.2) is 5.78 Å². The van der Waals surface area contributed by atoms with Crippen LogP contribution in [0.25, 0.3) is 0 Å². The first-order chi connectivity index (χ1) is 19.2. The van der Waals surface area contributed by atoms with Crippen molar-refractivity contribution in [3.63, 3.8) is 0 Å². The molecule has 2 bridgehead atoms. The van der Waals surface area contributed by atoms with Gasteiger partial charge in [0.05, 0.1) is 6.04 Å². The maximum Gasteiger partial charge on any atom is 0.408 e. The molecule has 4 rings (SSSR count). The molecule has 4 aliphatic rings. The van der Waals surface area contributed by atoms with E-state index in [1.165, 1.54) is 6.92 Å². The van der Waals surface area contributed by atoms with Crippen LogP contribution in [0.1, 0.15) is 112 Å². The Labute approximate surface area is 245 Å². The van der Waals surface area contributed by atoms with Gasteiger partial charge in [0.1, 0.15) is 17.7 Å². The smallest absolute Gasteiger partial charge is 0.408 e. The third kappa shape index (κ3) is 7.31. The standard InChI is InChI=1S/C32H51N3O6/c1-19(36)27(37)23-16-11-9-7-8-10-13-20-14-12-15-21(17-20)25(34-30(40)41-31(2,3)4)29(39)35-18-22-24(32(22,5)6)26(35)28(38)33-23/h20-26H,7-18H2,1-6H3,(H,33,38)(H,34,40)/t20?,21?,22?,23-,24?,25-,26-/m0/s1. The lowest BCUT2D eigenvalue weighted by Gasteiger charge is -2.39. The van der Waals surface area contributed by atoms with Gasteiger partial charge in [0.2, 0.25) is 17.6 Å². The maximum absolute atomic E-state index is 14.4. The Hall–Kier alpha value is -2.45. The van der Waals surface area contributed by atoms with Crippen LogP contribution in [0.15, 0.2) is 0 Å². The maximum atomic E-state index is 14.4. The molecule has 2 aliphatic carbocycles. The van der Waals surface area contributed by atoms with Gasteiger partial charge < -0.3 is 20.3 Å². The first-order valence-corrected chi connectivity index (χ1v) is 15.9. The topological polar surface area (TPSA) is 122 Å². The van der Waals surface area contributed by atoms with Crippen molar-refractivity contribution in [1.82, 2.24) is 15.5 Å². The second-order valence-electron chi connectivity index (χ2n) is 14.6. The number of carbonyl (C=O) groups is 5. The van der Waals surface area contributed by atoms with Gasteiger partial charge in [0, 0.05) is 13.5 Å². The highest BCUT2D eigenvalue weighted by molar-refractivity contribution is 6.38. The molecule has 0 aromatic rings. The highest BCUT2D eigenvalue weighted by atomic mass is 16.6. The zero-order valence-electron chi connectivity index (χ0n) is 25.9. The fraction of sp³-hybridized carbons (Fsp3) is 0.844. The normalized spacial score (nSPS) is 34.4. The first kappa shape index (κ1) is 31.5. The molecule has 4 fully saturated rings. The van der Waals surface area contributed by atoms with Crippen molar-refractivity contribution in [1.29, 1.82) is 0 Å². The average Bonchev–Trinajstić information content (AvgIpc) is 3.21. The number of rotatable bonds is 3. The molecule has 41 heavy (non-hydrogen) atoms. The number of carbonyl (C=O) groups excluding carboxylic acids is 5. The van der Waals surface area contributed by atoms with E-state index in [9.17, 15) is 24.0 Å². The lowest BCUT2D eigenvalue weighted by Crippen LogP contribution is -2.59. The second kappa shape index (κ2) is 12.4. The number of hydrogen-bond donors (Lipinski definition) is 2. The van der Waals surface area contributed by atoms with Crippen LogP contribution in [0.3, 0.4) is 0 Å². The molecule has 2 saturated carbocycles. The van der Waals surface area contributed by atoms with Gasteiger partial charge in [-0.1, -0.05) is 65.2 Å². The van der Waals surface area contributed by atoms with E-state index in [2.05, 4.69) is 24.5 Å². The number of ether oxygens (including phenoxy) is 1. The summed E-state index contributed by atoms with van der Waals surface area (Å²) in [7, 11) is 0. The molecule has 0 radical (unpaired) electrons. The molecular formula is C32H51N3O6. The summed E-state index contributed by atoms with van der Waals surface area (Å²) in [5, 5.41) is 5.82. The Morgan fingerprint density at radius 3 is 2.24 bits per heavy atom. The van der Waals surface area contributed by atoms with Crippen molar-refractivity contribution in [3.05, 3.63) is 0 Å². The third-order valence-corrected chi connectivity index (χ3v) is 10.1. The molecule has 2 aliphatic heterocycles. The van der Waals surface area contributed by atoms with E-state index in [1.54, 1.807) is 25.7 Å². The van der Waals surface area contributed by atoms with Gasteiger partial charge in [-0.25, -0.2) is 4.79 Å². The van der Waals surface area contributed by atoms with Gasteiger partial charge >= 0.3 is 6.09 Å². The van der Waals surface area contributed by atoms with Crippen LogP contribution in [-0.2, 0) is 23.9 Å². The summed E-state index contributed by atoms with van der Waals surface area (Å²) in [6.07, 6.45) is 9.65. The average molecular weight is 574 g/mol. The molecule has 0 aromatic carbocycles. The van der Waals surface area contributed by atoms with Crippen LogP contribution in [0.4, 0.5) is 4.79 Å².